The lowest BCUT2D eigenvalue weighted by molar-refractivity contribution is 0.174. The predicted molar refractivity (Wildman–Crippen MR) is 57.8 cm³/mol. The molecule has 0 spiro atoms. The highest BCUT2D eigenvalue weighted by Crippen LogP contribution is 2.13. The highest BCUT2D eigenvalue weighted by atomic mass is 32.2. The van der Waals surface area contributed by atoms with Gasteiger partial charge in [-0.3, -0.25) is 0 Å². The smallest absolute Gasteiger partial charge is 0.240 e. The molecule has 0 saturated heterocycles. The van der Waals surface area contributed by atoms with Crippen molar-refractivity contribution in [2.45, 2.75) is 24.3 Å². The third-order valence-electron chi connectivity index (χ3n) is 2.18. The van der Waals surface area contributed by atoms with Gasteiger partial charge in [0.1, 0.15) is 0 Å². The van der Waals surface area contributed by atoms with Crippen molar-refractivity contribution in [3.8, 4) is 0 Å². The molecule has 1 unspecified atom stereocenters. The first-order chi connectivity index (χ1) is 7.86. The topological polar surface area (TPSA) is 66.4 Å². The Kier molecular flexibility index (Phi) is 4.55. The molecular formula is C10H13F2NO3S. The van der Waals surface area contributed by atoms with Gasteiger partial charge >= 0.3 is 0 Å². The van der Waals surface area contributed by atoms with Crippen molar-refractivity contribution in [3.63, 3.8) is 0 Å². The molecule has 0 heterocycles. The van der Waals surface area contributed by atoms with Gasteiger partial charge in [-0.1, -0.05) is 6.92 Å². The number of halogens is 2. The lowest BCUT2D eigenvalue weighted by atomic mass is 10.3. The molecule has 4 nitrogen and oxygen atoms in total. The van der Waals surface area contributed by atoms with Crippen molar-refractivity contribution in [2.75, 3.05) is 6.54 Å². The summed E-state index contributed by atoms with van der Waals surface area (Å²) in [6.45, 7) is 1.52. The van der Waals surface area contributed by atoms with E-state index in [9.17, 15) is 22.3 Å². The summed E-state index contributed by atoms with van der Waals surface area (Å²) >= 11 is 0. The molecule has 0 amide bonds. The van der Waals surface area contributed by atoms with Gasteiger partial charge in [-0.2, -0.15) is 0 Å². The maximum Gasteiger partial charge on any atom is 0.240 e. The predicted octanol–water partition coefficient (Wildman–Crippen LogP) is 1.01. The van der Waals surface area contributed by atoms with E-state index in [1.54, 1.807) is 6.92 Å². The first kappa shape index (κ1) is 14.0. The van der Waals surface area contributed by atoms with Crippen LogP contribution in [0.5, 0.6) is 0 Å². The van der Waals surface area contributed by atoms with Crippen molar-refractivity contribution in [1.29, 1.82) is 0 Å². The monoisotopic (exact) mass is 265 g/mol. The molecule has 2 N–H and O–H groups in total. The summed E-state index contributed by atoms with van der Waals surface area (Å²) in [5, 5.41) is 9.21. The summed E-state index contributed by atoms with van der Waals surface area (Å²) in [4.78, 5) is -0.375. The number of hydrogen-bond acceptors (Lipinski definition) is 3. The molecule has 96 valence electrons. The molecule has 0 aliphatic carbocycles. The molecule has 0 fully saturated rings. The highest BCUT2D eigenvalue weighted by Gasteiger charge is 2.17. The molecule has 1 atom stereocenters. The first-order valence-corrected chi connectivity index (χ1v) is 6.48. The minimum Gasteiger partial charge on any atom is -0.392 e. The molecule has 17 heavy (non-hydrogen) atoms. The van der Waals surface area contributed by atoms with Crippen molar-refractivity contribution in [2.24, 2.45) is 0 Å². The van der Waals surface area contributed by atoms with Crippen LogP contribution in [0.1, 0.15) is 13.3 Å². The minimum absolute atomic E-state index is 0.169. The van der Waals surface area contributed by atoms with E-state index in [0.717, 1.165) is 12.1 Å². The standard InChI is InChI=1S/C10H13F2NO3S/c1-2-7(14)6-13-17(15,16)8-3-4-9(11)10(12)5-8/h3-5,7,13-14H,2,6H2,1H3. The lowest BCUT2D eigenvalue weighted by Gasteiger charge is -2.10. The Morgan fingerprint density at radius 1 is 1.35 bits per heavy atom. The summed E-state index contributed by atoms with van der Waals surface area (Å²) in [5.41, 5.74) is 0. The largest absolute Gasteiger partial charge is 0.392 e. The zero-order valence-corrected chi connectivity index (χ0v) is 9.97. The maximum atomic E-state index is 12.9. The summed E-state index contributed by atoms with van der Waals surface area (Å²) in [5.74, 6) is -2.35. The molecule has 7 heteroatoms. The van der Waals surface area contributed by atoms with Crippen molar-refractivity contribution >= 4 is 10.0 Å². The highest BCUT2D eigenvalue weighted by molar-refractivity contribution is 7.89. The van der Waals surface area contributed by atoms with E-state index in [-0.39, 0.29) is 11.4 Å². The van der Waals surface area contributed by atoms with Crippen LogP contribution in [0.3, 0.4) is 0 Å². The average Bonchev–Trinajstić information content (AvgIpc) is 2.29. The fourth-order valence-corrected chi connectivity index (χ4v) is 2.16. The van der Waals surface area contributed by atoms with Gasteiger partial charge < -0.3 is 5.11 Å². The molecular weight excluding hydrogens is 252 g/mol. The molecule has 0 aliphatic heterocycles. The van der Waals surface area contributed by atoms with Gasteiger partial charge in [0, 0.05) is 6.54 Å². The van der Waals surface area contributed by atoms with Crippen LogP contribution in [0, 0.1) is 11.6 Å². The second kappa shape index (κ2) is 5.52. The van der Waals surface area contributed by atoms with E-state index in [1.165, 1.54) is 0 Å². The third kappa shape index (κ3) is 3.72. The molecule has 0 bridgehead atoms. The van der Waals surface area contributed by atoms with Crippen LogP contribution >= 0.6 is 0 Å². The van der Waals surface area contributed by atoms with E-state index in [2.05, 4.69) is 4.72 Å². The molecule has 0 radical (unpaired) electrons. The number of aliphatic hydroxyl groups is 1. The van der Waals surface area contributed by atoms with Gasteiger partial charge in [-0.25, -0.2) is 21.9 Å². The van der Waals surface area contributed by atoms with Crippen LogP contribution in [0.2, 0.25) is 0 Å². The zero-order valence-electron chi connectivity index (χ0n) is 9.15. The van der Waals surface area contributed by atoms with Crippen molar-refractivity contribution in [1.82, 2.24) is 4.72 Å². The van der Waals surface area contributed by atoms with E-state index in [0.29, 0.717) is 12.5 Å². The lowest BCUT2D eigenvalue weighted by Crippen LogP contribution is -2.31. The van der Waals surface area contributed by atoms with Crippen molar-refractivity contribution < 1.29 is 22.3 Å². The second-order valence-corrected chi connectivity index (χ2v) is 5.26. The van der Waals surface area contributed by atoms with Crippen LogP contribution in [-0.2, 0) is 10.0 Å². The number of benzene rings is 1. The summed E-state index contributed by atoms with van der Waals surface area (Å²) < 4.78 is 50.8. The summed E-state index contributed by atoms with van der Waals surface area (Å²) in [7, 11) is -3.92. The number of aliphatic hydroxyl groups excluding tert-OH is 1. The fourth-order valence-electron chi connectivity index (χ4n) is 1.08. The van der Waals surface area contributed by atoms with E-state index in [1.807, 2.05) is 0 Å². The SMILES string of the molecule is CCC(O)CNS(=O)(=O)c1ccc(F)c(F)c1. The van der Waals surface area contributed by atoms with Gasteiger partial charge in [0.05, 0.1) is 11.0 Å². The molecule has 1 aromatic rings. The Labute approximate surface area is 98.3 Å². The molecule has 1 aromatic carbocycles. The maximum absolute atomic E-state index is 12.9. The van der Waals surface area contributed by atoms with Gasteiger partial charge in [0.15, 0.2) is 11.6 Å². The summed E-state index contributed by atoms with van der Waals surface area (Å²) in [6.07, 6.45) is -0.421. The molecule has 0 aliphatic rings. The van der Waals surface area contributed by atoms with Crippen LogP contribution in [0.4, 0.5) is 8.78 Å². The average molecular weight is 265 g/mol. The Morgan fingerprint density at radius 2 is 2.00 bits per heavy atom. The van der Waals surface area contributed by atoms with E-state index in [4.69, 9.17) is 0 Å². The van der Waals surface area contributed by atoms with E-state index >= 15 is 0 Å². The Morgan fingerprint density at radius 3 is 2.53 bits per heavy atom. The Balaban J connectivity index is 2.86. The quantitative estimate of drug-likeness (QED) is 0.835. The summed E-state index contributed by atoms with van der Waals surface area (Å²) in [6, 6.07) is 2.29. The first-order valence-electron chi connectivity index (χ1n) is 4.99. The van der Waals surface area contributed by atoms with Crippen LogP contribution in [0.15, 0.2) is 23.1 Å². The zero-order chi connectivity index (χ0) is 13.1. The number of sulfonamides is 1. The van der Waals surface area contributed by atoms with Crippen molar-refractivity contribution in [3.05, 3.63) is 29.8 Å². The number of rotatable bonds is 5. The third-order valence-corrected chi connectivity index (χ3v) is 3.60. The van der Waals surface area contributed by atoms with Gasteiger partial charge in [-0.15, -0.1) is 0 Å². The molecule has 1 rings (SSSR count). The number of hydrogen-bond donors (Lipinski definition) is 2. The van der Waals surface area contributed by atoms with Gasteiger partial charge in [0.2, 0.25) is 10.0 Å². The molecule has 0 saturated carbocycles. The Hall–Kier alpha value is -1.05. The fraction of sp³-hybridized carbons (Fsp3) is 0.400. The van der Waals surface area contributed by atoms with Crippen LogP contribution in [-0.4, -0.2) is 26.2 Å². The normalized spacial score (nSPS) is 13.6. The minimum atomic E-state index is -3.92. The second-order valence-electron chi connectivity index (χ2n) is 3.49. The van der Waals surface area contributed by atoms with Crippen LogP contribution in [0.25, 0.3) is 0 Å². The van der Waals surface area contributed by atoms with Crippen LogP contribution < -0.4 is 4.72 Å². The van der Waals surface area contributed by atoms with E-state index < -0.39 is 27.8 Å². The van der Waals surface area contributed by atoms with Gasteiger partial charge in [-0.05, 0) is 24.6 Å². The number of nitrogens with one attached hydrogen (secondary N) is 1. The molecule has 0 aromatic heterocycles. The Bertz CT molecular complexity index is 490. The van der Waals surface area contributed by atoms with Gasteiger partial charge in [0.25, 0.3) is 0 Å².